The van der Waals surface area contributed by atoms with Crippen LogP contribution in [0.5, 0.6) is 0 Å². The fraction of sp³-hybridized carbons (Fsp3) is 0.571. The van der Waals surface area contributed by atoms with Crippen molar-refractivity contribution >= 4 is 12.0 Å². The molecule has 0 unspecified atom stereocenters. The number of cyclic esters (lactones) is 1. The molecule has 1 aliphatic rings. The molecule has 0 aromatic heterocycles. The lowest BCUT2D eigenvalue weighted by Gasteiger charge is -2.21. The number of carbonyl (C=O) groups excluding carboxylic acids is 2. The number of carbonyl (C=O) groups is 2. The van der Waals surface area contributed by atoms with Crippen molar-refractivity contribution in [2.24, 2.45) is 0 Å². The molecule has 2 rings (SSSR count). The standard InChI is InChI=1S/C28H41NO4/c1-3-4-5-6-7-8-9-10-11-12-13-14-15-19-22-25(30)27(31)29-23(2)26(33-28(29)32)24-20-17-16-18-21-24/h7-8,10-11,16-18,20-21,23,25-26,30H,3-6,9,12-15,19,22H2,1-2H3/b8-7-,11-10-/t23-,25-,26-/m1/s1. The molecule has 0 saturated carbocycles. The number of benzene rings is 1. The first-order valence-electron chi connectivity index (χ1n) is 12.6. The van der Waals surface area contributed by atoms with Crippen molar-refractivity contribution in [2.45, 2.75) is 103 Å². The molecule has 1 aromatic rings. The number of amides is 2. The van der Waals surface area contributed by atoms with Gasteiger partial charge >= 0.3 is 6.09 Å². The number of aliphatic hydroxyl groups excluding tert-OH is 1. The zero-order valence-corrected chi connectivity index (χ0v) is 20.3. The summed E-state index contributed by atoms with van der Waals surface area (Å²) in [6.07, 6.45) is 18.0. The highest BCUT2D eigenvalue weighted by molar-refractivity contribution is 5.96. The molecule has 1 fully saturated rings. The van der Waals surface area contributed by atoms with Crippen molar-refractivity contribution in [1.82, 2.24) is 4.90 Å². The SMILES string of the molecule is CCCCC/C=C\C/C=C\CCCCCC[C@@H](O)C(=O)N1C(=O)O[C@@H](c2ccccc2)[C@H]1C. The van der Waals surface area contributed by atoms with Crippen LogP contribution in [-0.4, -0.2) is 34.2 Å². The number of imide groups is 1. The van der Waals surface area contributed by atoms with E-state index in [2.05, 4.69) is 31.2 Å². The number of allylic oxidation sites excluding steroid dienone is 4. The van der Waals surface area contributed by atoms with Gasteiger partial charge in [-0.25, -0.2) is 9.69 Å². The second-order valence-electron chi connectivity index (χ2n) is 8.85. The van der Waals surface area contributed by atoms with Gasteiger partial charge in [0.15, 0.2) is 0 Å². The van der Waals surface area contributed by atoms with E-state index in [-0.39, 0.29) is 0 Å². The van der Waals surface area contributed by atoms with Gasteiger partial charge in [-0.2, -0.15) is 0 Å². The van der Waals surface area contributed by atoms with Gasteiger partial charge in [0, 0.05) is 0 Å². The molecule has 5 heteroatoms. The molecular weight excluding hydrogens is 414 g/mol. The van der Waals surface area contributed by atoms with Gasteiger partial charge < -0.3 is 9.84 Å². The molecule has 3 atom stereocenters. The van der Waals surface area contributed by atoms with E-state index in [0.29, 0.717) is 6.42 Å². The lowest BCUT2D eigenvalue weighted by molar-refractivity contribution is -0.138. The first-order valence-corrected chi connectivity index (χ1v) is 12.6. The molecule has 0 aliphatic carbocycles. The Morgan fingerprint density at radius 1 is 1.00 bits per heavy atom. The summed E-state index contributed by atoms with van der Waals surface area (Å²) in [7, 11) is 0. The minimum absolute atomic E-state index is 0.365. The minimum Gasteiger partial charge on any atom is -0.439 e. The summed E-state index contributed by atoms with van der Waals surface area (Å²) in [4.78, 5) is 26.0. The lowest BCUT2D eigenvalue weighted by atomic mass is 10.0. The summed E-state index contributed by atoms with van der Waals surface area (Å²) in [5.74, 6) is -0.559. The van der Waals surface area contributed by atoms with Gasteiger partial charge in [-0.3, -0.25) is 4.79 Å². The Bertz CT molecular complexity index is 758. The zero-order valence-electron chi connectivity index (χ0n) is 20.3. The number of aliphatic hydroxyl groups is 1. The largest absolute Gasteiger partial charge is 0.439 e. The number of hydrogen-bond donors (Lipinski definition) is 1. The van der Waals surface area contributed by atoms with Crippen LogP contribution in [-0.2, 0) is 9.53 Å². The molecule has 5 nitrogen and oxygen atoms in total. The molecular formula is C28H41NO4. The monoisotopic (exact) mass is 455 g/mol. The summed E-state index contributed by atoms with van der Waals surface area (Å²) in [5, 5.41) is 10.3. The summed E-state index contributed by atoms with van der Waals surface area (Å²) in [6, 6.07) is 8.94. The molecule has 0 spiro atoms. The Morgan fingerprint density at radius 3 is 2.30 bits per heavy atom. The molecule has 1 aliphatic heterocycles. The Labute approximate surface area is 199 Å². The molecule has 0 radical (unpaired) electrons. The quantitative estimate of drug-likeness (QED) is 0.231. The first kappa shape index (κ1) is 26.8. The molecule has 1 saturated heterocycles. The fourth-order valence-electron chi connectivity index (χ4n) is 4.10. The van der Waals surface area contributed by atoms with Crippen LogP contribution >= 0.6 is 0 Å². The third-order valence-corrected chi connectivity index (χ3v) is 6.10. The topological polar surface area (TPSA) is 66.8 Å². The van der Waals surface area contributed by atoms with E-state index in [1.165, 1.54) is 25.7 Å². The van der Waals surface area contributed by atoms with E-state index in [0.717, 1.165) is 49.0 Å². The third kappa shape index (κ3) is 9.17. The van der Waals surface area contributed by atoms with E-state index >= 15 is 0 Å². The average molecular weight is 456 g/mol. The van der Waals surface area contributed by atoms with Gasteiger partial charge in [0.05, 0.1) is 6.04 Å². The van der Waals surface area contributed by atoms with Crippen molar-refractivity contribution in [1.29, 1.82) is 0 Å². The van der Waals surface area contributed by atoms with Crippen LogP contribution in [0.3, 0.4) is 0 Å². The van der Waals surface area contributed by atoms with Gasteiger partial charge in [-0.15, -0.1) is 0 Å². The number of nitrogens with zero attached hydrogens (tertiary/aromatic N) is 1. The normalized spacial score (nSPS) is 19.5. The average Bonchev–Trinajstić information content (AvgIpc) is 3.12. The van der Waals surface area contributed by atoms with Crippen molar-refractivity contribution in [3.63, 3.8) is 0 Å². The fourth-order valence-corrected chi connectivity index (χ4v) is 4.10. The number of hydrogen-bond acceptors (Lipinski definition) is 4. The van der Waals surface area contributed by atoms with Crippen molar-refractivity contribution in [3.05, 3.63) is 60.2 Å². The van der Waals surface area contributed by atoms with Gasteiger partial charge in [0.25, 0.3) is 5.91 Å². The highest BCUT2D eigenvalue weighted by Crippen LogP contribution is 2.32. The first-order chi connectivity index (χ1) is 16.1. The summed E-state index contributed by atoms with van der Waals surface area (Å²) in [5.41, 5.74) is 0.847. The van der Waals surface area contributed by atoms with E-state index in [1.807, 2.05) is 30.3 Å². The van der Waals surface area contributed by atoms with Crippen molar-refractivity contribution in [3.8, 4) is 0 Å². The Kier molecular flexibility index (Phi) is 12.6. The van der Waals surface area contributed by atoms with Crippen molar-refractivity contribution < 1.29 is 19.4 Å². The van der Waals surface area contributed by atoms with Crippen LogP contribution < -0.4 is 0 Å². The maximum atomic E-state index is 12.7. The Balaban J connectivity index is 1.59. The van der Waals surface area contributed by atoms with Crippen LogP contribution in [0.15, 0.2) is 54.6 Å². The molecule has 33 heavy (non-hydrogen) atoms. The van der Waals surface area contributed by atoms with Gasteiger partial charge in [0.1, 0.15) is 12.2 Å². The van der Waals surface area contributed by atoms with Crippen LogP contribution in [0.2, 0.25) is 0 Å². The van der Waals surface area contributed by atoms with Crippen LogP contribution in [0.1, 0.15) is 96.1 Å². The second-order valence-corrected chi connectivity index (χ2v) is 8.85. The maximum absolute atomic E-state index is 12.7. The van der Waals surface area contributed by atoms with Gasteiger partial charge in [0.2, 0.25) is 0 Å². The molecule has 182 valence electrons. The highest BCUT2D eigenvalue weighted by atomic mass is 16.6. The number of unbranched alkanes of at least 4 members (excludes halogenated alkanes) is 7. The molecule has 1 heterocycles. The Morgan fingerprint density at radius 2 is 1.64 bits per heavy atom. The third-order valence-electron chi connectivity index (χ3n) is 6.10. The molecule has 1 aromatic carbocycles. The van der Waals surface area contributed by atoms with E-state index < -0.39 is 30.3 Å². The van der Waals surface area contributed by atoms with E-state index in [1.54, 1.807) is 6.92 Å². The smallest absolute Gasteiger partial charge is 0.417 e. The summed E-state index contributed by atoms with van der Waals surface area (Å²) >= 11 is 0. The number of ether oxygens (including phenoxy) is 1. The highest BCUT2D eigenvalue weighted by Gasteiger charge is 2.44. The van der Waals surface area contributed by atoms with Gasteiger partial charge in [-0.05, 0) is 51.0 Å². The molecule has 2 amide bonds. The maximum Gasteiger partial charge on any atom is 0.417 e. The van der Waals surface area contributed by atoms with E-state index in [4.69, 9.17) is 4.74 Å². The van der Waals surface area contributed by atoms with E-state index in [9.17, 15) is 14.7 Å². The van der Waals surface area contributed by atoms with Crippen LogP contribution in [0, 0.1) is 0 Å². The van der Waals surface area contributed by atoms with Gasteiger partial charge in [-0.1, -0.05) is 93.7 Å². The van der Waals surface area contributed by atoms with Crippen molar-refractivity contribution in [2.75, 3.05) is 0 Å². The zero-order chi connectivity index (χ0) is 23.9. The molecule has 1 N–H and O–H groups in total. The molecule has 0 bridgehead atoms. The van der Waals surface area contributed by atoms with Crippen LogP contribution in [0.4, 0.5) is 4.79 Å². The Hall–Kier alpha value is -2.40. The second kappa shape index (κ2) is 15.4. The van der Waals surface area contributed by atoms with Crippen LogP contribution in [0.25, 0.3) is 0 Å². The lowest BCUT2D eigenvalue weighted by Crippen LogP contribution is -2.43. The summed E-state index contributed by atoms with van der Waals surface area (Å²) < 4.78 is 5.41. The predicted molar refractivity (Wildman–Crippen MR) is 133 cm³/mol. The summed E-state index contributed by atoms with van der Waals surface area (Å²) in [6.45, 7) is 4.00. The number of rotatable bonds is 15. The minimum atomic E-state index is -1.17. The predicted octanol–water partition coefficient (Wildman–Crippen LogP) is 6.88.